The monoisotopic (exact) mass is 1230 g/mol. The molecule has 6 heterocycles. The zero-order valence-electron chi connectivity index (χ0n) is 51.2. The highest BCUT2D eigenvalue weighted by atomic mass is 16.6. The van der Waals surface area contributed by atoms with Gasteiger partial charge in [-0.05, 0) is 141 Å². The van der Waals surface area contributed by atoms with Crippen molar-refractivity contribution < 1.29 is 57.4 Å². The van der Waals surface area contributed by atoms with Gasteiger partial charge in [-0.3, -0.25) is 77.6 Å². The molecule has 7 aromatic rings. The summed E-state index contributed by atoms with van der Waals surface area (Å²) in [6, 6.07) is 22.2. The Kier molecular flexibility index (Phi) is 20.3. The molecule has 27 heteroatoms. The Bertz CT molecular complexity index is 4030. The molecule has 3 atom stereocenters. The third-order valence-corrected chi connectivity index (χ3v) is 14.2. The quantitative estimate of drug-likeness (QED) is 0.0850. The van der Waals surface area contributed by atoms with E-state index >= 15 is 0 Å². The van der Waals surface area contributed by atoms with Crippen molar-refractivity contribution in [2.45, 2.75) is 150 Å². The van der Waals surface area contributed by atoms with Gasteiger partial charge in [-0.2, -0.15) is 0 Å². The van der Waals surface area contributed by atoms with E-state index in [0.717, 1.165) is 5.56 Å². The number of piperidine rings is 3. The maximum Gasteiger partial charge on any atom is 0.407 e. The molecule has 6 N–H and O–H groups in total. The van der Waals surface area contributed by atoms with E-state index in [4.69, 9.17) is 14.2 Å². The number of aromatic nitrogens is 6. The second-order valence-corrected chi connectivity index (χ2v) is 23.6. The van der Waals surface area contributed by atoms with Crippen LogP contribution in [0.2, 0.25) is 0 Å². The first-order chi connectivity index (χ1) is 42.5. The van der Waals surface area contributed by atoms with E-state index in [9.17, 15) is 57.5 Å². The molecule has 3 aromatic heterocycles. The molecule has 90 heavy (non-hydrogen) atoms. The highest BCUT2D eigenvalue weighted by Crippen LogP contribution is 2.25. The van der Waals surface area contributed by atoms with E-state index in [2.05, 4.69) is 46.9 Å². The van der Waals surface area contributed by atoms with Crippen LogP contribution in [0.15, 0.2) is 99.3 Å². The van der Waals surface area contributed by atoms with Crippen LogP contribution in [0.4, 0.5) is 15.3 Å². The van der Waals surface area contributed by atoms with Gasteiger partial charge in [0.25, 0.3) is 16.7 Å². The highest BCUT2D eigenvalue weighted by Gasteiger charge is 2.33. The molecular formula is C63H70N12O15. The number of ether oxygens (including phenoxy) is 3. The number of fused-ring (bicyclic) bond motifs is 3. The van der Waals surface area contributed by atoms with E-state index in [1.807, 2.05) is 30.3 Å². The lowest BCUT2D eigenvalue weighted by Gasteiger charge is -2.24. The molecule has 0 saturated carbocycles. The number of hydrogen-bond donors (Lipinski definition) is 6. The molecule has 0 radical (unpaired) electrons. The van der Waals surface area contributed by atoms with E-state index in [-0.39, 0.29) is 98.4 Å². The van der Waals surface area contributed by atoms with E-state index in [1.54, 1.807) is 111 Å². The lowest BCUT2D eigenvalue weighted by molar-refractivity contribution is -0.137. The second kappa shape index (κ2) is 27.8. The number of nitrogens with zero attached hydrogens (tertiary/aromatic N) is 6. The van der Waals surface area contributed by atoms with Crippen LogP contribution in [-0.2, 0) is 67.5 Å². The van der Waals surface area contributed by atoms with E-state index in [1.165, 1.54) is 19.8 Å². The smallest absolute Gasteiger partial charge is 0.407 e. The summed E-state index contributed by atoms with van der Waals surface area (Å²) in [5.74, 6) is -1.76. The van der Waals surface area contributed by atoms with Crippen molar-refractivity contribution in [3.8, 4) is 0 Å². The van der Waals surface area contributed by atoms with Crippen molar-refractivity contribution >= 4 is 91.9 Å². The van der Waals surface area contributed by atoms with Crippen LogP contribution in [0.1, 0.15) is 132 Å². The molecule has 0 aliphatic carbocycles. The third-order valence-electron chi connectivity index (χ3n) is 14.2. The summed E-state index contributed by atoms with van der Waals surface area (Å²) in [4.78, 5) is 160. The Hall–Kier alpha value is -10.3. The predicted octanol–water partition coefficient (Wildman–Crippen LogP) is 5.25. The van der Waals surface area contributed by atoms with Crippen molar-refractivity contribution in [1.82, 2.24) is 55.2 Å². The fourth-order valence-electron chi connectivity index (χ4n) is 10.2. The maximum atomic E-state index is 13.2. The molecule has 3 fully saturated rings. The lowest BCUT2D eigenvalue weighted by atomic mass is 10.0. The molecule has 472 valence electrons. The molecule has 0 spiro atoms. The van der Waals surface area contributed by atoms with Crippen LogP contribution in [-0.4, -0.2) is 100.0 Å². The first kappa shape index (κ1) is 65.7. The SMILES string of the molecule is Cc1nc2ccc(CNC(=O)OC(C)(C)C)cc2c(=O)n1[C@@H]1CCC(=O)NC1=O.Cc1nc2ccc(CNC(=O)OC(C)(C)C)cc2c(=O)n1[C@H]1CCC(=O)NC1=O.Cc1nc2ccc(NC(=O)COCc3ccccc3)cc2c(=O)n1[C@H]1CCC(=O)NC1=O. The molecular weight excluding hydrogens is 1160 g/mol. The first-order valence-corrected chi connectivity index (χ1v) is 28.9. The number of nitrogens with one attached hydrogen (secondary N) is 6. The second-order valence-electron chi connectivity index (χ2n) is 23.6. The number of hydrogen-bond acceptors (Lipinski definition) is 18. The van der Waals surface area contributed by atoms with Crippen molar-refractivity contribution in [3.63, 3.8) is 0 Å². The van der Waals surface area contributed by atoms with Gasteiger partial charge in [0.05, 0.1) is 39.3 Å². The third kappa shape index (κ3) is 16.6. The molecule has 3 saturated heterocycles. The minimum absolute atomic E-state index is 0.139. The number of anilines is 1. The minimum atomic E-state index is -0.804. The van der Waals surface area contributed by atoms with Gasteiger partial charge in [-0.15, -0.1) is 0 Å². The number of alkyl carbamates (subject to hydrolysis) is 2. The number of aryl methyl sites for hydroxylation is 3. The topological polar surface area (TPSA) is 358 Å². The molecule has 0 bridgehead atoms. The largest absolute Gasteiger partial charge is 0.444 e. The van der Waals surface area contributed by atoms with Crippen LogP contribution in [0.5, 0.6) is 0 Å². The predicted molar refractivity (Wildman–Crippen MR) is 327 cm³/mol. The Morgan fingerprint density at radius 2 is 0.867 bits per heavy atom. The van der Waals surface area contributed by atoms with E-state index in [0.29, 0.717) is 68.2 Å². The van der Waals surface area contributed by atoms with Crippen LogP contribution >= 0.6 is 0 Å². The van der Waals surface area contributed by atoms with Crippen molar-refractivity contribution in [2.75, 3.05) is 11.9 Å². The summed E-state index contributed by atoms with van der Waals surface area (Å²) in [6.45, 7) is 16.1. The molecule has 27 nitrogen and oxygen atoms in total. The number of rotatable bonds is 12. The zero-order valence-corrected chi connectivity index (χ0v) is 51.2. The summed E-state index contributed by atoms with van der Waals surface area (Å²) in [5, 5.41) is 15.7. The van der Waals surface area contributed by atoms with Crippen LogP contribution in [0.25, 0.3) is 32.7 Å². The summed E-state index contributed by atoms with van der Waals surface area (Å²) < 4.78 is 19.8. The summed E-state index contributed by atoms with van der Waals surface area (Å²) in [5.41, 5.74) is 1.88. The van der Waals surface area contributed by atoms with Gasteiger partial charge in [0, 0.05) is 38.0 Å². The normalized spacial score (nSPS) is 16.8. The maximum absolute atomic E-state index is 13.2. The van der Waals surface area contributed by atoms with Gasteiger partial charge in [0.2, 0.25) is 41.4 Å². The van der Waals surface area contributed by atoms with Crippen molar-refractivity contribution in [1.29, 1.82) is 0 Å². The van der Waals surface area contributed by atoms with E-state index < -0.39 is 64.8 Å². The zero-order chi connectivity index (χ0) is 65.4. The molecule has 0 unspecified atom stereocenters. The number of benzene rings is 4. The number of amides is 9. The van der Waals surface area contributed by atoms with Gasteiger partial charge < -0.3 is 30.2 Å². The van der Waals surface area contributed by atoms with Crippen molar-refractivity contribution in [2.24, 2.45) is 0 Å². The van der Waals surface area contributed by atoms with Crippen LogP contribution in [0.3, 0.4) is 0 Å². The number of imide groups is 3. The fraction of sp³-hybridized carbons (Fsp3) is 0.381. The Balaban J connectivity index is 0.000000175. The lowest BCUT2D eigenvalue weighted by Crippen LogP contribution is -2.45. The average molecular weight is 1240 g/mol. The Labute approximate surface area is 514 Å². The van der Waals surface area contributed by atoms with Crippen LogP contribution in [0, 0.1) is 20.8 Å². The minimum Gasteiger partial charge on any atom is -0.444 e. The Morgan fingerprint density at radius 1 is 0.500 bits per heavy atom. The van der Waals surface area contributed by atoms with Gasteiger partial charge in [-0.25, -0.2) is 24.5 Å². The van der Waals surface area contributed by atoms with Gasteiger partial charge in [-0.1, -0.05) is 42.5 Å². The molecule has 3 aliphatic heterocycles. The number of carbonyl (C=O) groups excluding carboxylic acids is 9. The number of carbonyl (C=O) groups is 9. The molecule has 3 aliphatic rings. The van der Waals surface area contributed by atoms with Gasteiger partial charge in [0.1, 0.15) is 53.4 Å². The Morgan fingerprint density at radius 3 is 1.23 bits per heavy atom. The molecule has 4 aromatic carbocycles. The first-order valence-electron chi connectivity index (χ1n) is 28.9. The summed E-state index contributed by atoms with van der Waals surface area (Å²) in [7, 11) is 0. The fourth-order valence-corrected chi connectivity index (χ4v) is 10.2. The van der Waals surface area contributed by atoms with Crippen molar-refractivity contribution in [3.05, 3.63) is 150 Å². The van der Waals surface area contributed by atoms with Gasteiger partial charge in [0.15, 0.2) is 0 Å². The average Bonchev–Trinajstić information content (AvgIpc) is 0.800. The van der Waals surface area contributed by atoms with Crippen LogP contribution < -0.4 is 48.6 Å². The molecule has 10 rings (SSSR count). The molecule has 9 amide bonds. The standard InChI is InChI=1S/C23H22N4O5.2C20H24N4O5/c1-14-24-18-8-7-16(25-21(29)13-32-12-15-5-3-2-4-6-15)11-17(18)23(31)27(14)19-9-10-20(28)26-22(19)30;2*1-11-22-14-6-5-12(10-21-19(28)29-20(2,3)4)9-13(14)18(27)24(11)15-7-8-16(25)23-17(15)26/h2-8,11,19H,9-10,12-13H2,1H3,(H,25,29)(H,26,28,30);2*5-6,9,15H,7-8,10H2,1-4H3,(H,21,28)(H,23,25,26)/t19-;2*15-/m010/s1. The van der Waals surface area contributed by atoms with Gasteiger partial charge >= 0.3 is 12.2 Å². The highest BCUT2D eigenvalue weighted by molar-refractivity contribution is 6.01. The summed E-state index contributed by atoms with van der Waals surface area (Å²) >= 11 is 0. The summed E-state index contributed by atoms with van der Waals surface area (Å²) in [6.07, 6.45) is 0.103.